The molecule has 0 fully saturated rings. The monoisotopic (exact) mass is 776 g/mol. The summed E-state index contributed by atoms with van der Waals surface area (Å²) in [6.45, 7) is 4.88. The number of carbonyl (C=O) groups is 1. The molecule has 0 spiro atoms. The van der Waals surface area contributed by atoms with Crippen LogP contribution < -0.4 is 5.32 Å². The molecular weight excluding hydrogens is 683 g/mol. The highest BCUT2D eigenvalue weighted by molar-refractivity contribution is 7.47. The van der Waals surface area contributed by atoms with E-state index in [0.717, 1.165) is 38.5 Å². The van der Waals surface area contributed by atoms with E-state index in [1.165, 1.54) is 161 Å². The van der Waals surface area contributed by atoms with Gasteiger partial charge >= 0.3 is 7.82 Å². The van der Waals surface area contributed by atoms with Crippen LogP contribution in [0.15, 0.2) is 0 Å². The topological polar surface area (TPSA) is 105 Å². The van der Waals surface area contributed by atoms with Crippen LogP contribution in [-0.4, -0.2) is 73.4 Å². The first-order valence-corrected chi connectivity index (χ1v) is 24.4. The third-order valence-electron chi connectivity index (χ3n) is 10.6. The van der Waals surface area contributed by atoms with Gasteiger partial charge in [-0.3, -0.25) is 13.8 Å². The van der Waals surface area contributed by atoms with Crippen molar-refractivity contribution in [1.29, 1.82) is 0 Å². The minimum atomic E-state index is -4.30. The number of carbonyl (C=O) groups excluding carboxylic acids is 1. The van der Waals surface area contributed by atoms with Gasteiger partial charge < -0.3 is 19.8 Å². The van der Waals surface area contributed by atoms with Crippen LogP contribution in [-0.2, 0) is 18.4 Å². The summed E-state index contributed by atoms with van der Waals surface area (Å²) in [6, 6.07) is -0.751. The Morgan fingerprint density at radius 1 is 0.566 bits per heavy atom. The number of hydrogen-bond donors (Lipinski definition) is 3. The molecule has 0 aromatic heterocycles. The molecule has 3 N–H and O–H groups in total. The number of rotatable bonds is 42. The molecule has 0 saturated carbocycles. The van der Waals surface area contributed by atoms with Crippen molar-refractivity contribution in [2.45, 2.75) is 238 Å². The third-order valence-corrected chi connectivity index (χ3v) is 11.6. The van der Waals surface area contributed by atoms with Gasteiger partial charge in [-0.25, -0.2) is 4.57 Å². The lowest BCUT2D eigenvalue weighted by atomic mass is 10.0. The van der Waals surface area contributed by atoms with Gasteiger partial charge in [0.25, 0.3) is 0 Å². The molecule has 0 radical (unpaired) electrons. The van der Waals surface area contributed by atoms with E-state index >= 15 is 0 Å². The first kappa shape index (κ1) is 52.5. The molecule has 0 saturated heterocycles. The Hall–Kier alpha value is -0.500. The normalized spacial score (nSPS) is 14.3. The van der Waals surface area contributed by atoms with Crippen LogP contribution in [0.4, 0.5) is 0 Å². The summed E-state index contributed by atoms with van der Waals surface area (Å²) in [4.78, 5) is 23.0. The van der Waals surface area contributed by atoms with Crippen LogP contribution in [0.25, 0.3) is 0 Å². The Bertz CT molecular complexity index is 839. The number of unbranched alkanes of at least 4 members (excludes halogenated alkanes) is 29. The number of hydrogen-bond acceptors (Lipinski definition) is 5. The molecule has 9 heteroatoms. The summed E-state index contributed by atoms with van der Waals surface area (Å²) in [5.41, 5.74) is 0. The highest BCUT2D eigenvalue weighted by atomic mass is 31.2. The lowest BCUT2D eigenvalue weighted by Crippen LogP contribution is -2.46. The first-order chi connectivity index (χ1) is 25.5. The van der Waals surface area contributed by atoms with E-state index in [0.29, 0.717) is 23.9 Å². The van der Waals surface area contributed by atoms with Crippen molar-refractivity contribution in [2.24, 2.45) is 0 Å². The maximum Gasteiger partial charge on any atom is 0.472 e. The second-order valence-electron chi connectivity index (χ2n) is 17.1. The Kier molecular flexibility index (Phi) is 36.7. The van der Waals surface area contributed by atoms with Crippen LogP contribution in [0.1, 0.15) is 226 Å². The van der Waals surface area contributed by atoms with Crippen molar-refractivity contribution in [2.75, 3.05) is 40.9 Å². The van der Waals surface area contributed by atoms with Crippen molar-refractivity contribution in [1.82, 2.24) is 5.32 Å². The number of quaternary nitrogens is 1. The third kappa shape index (κ3) is 39.5. The zero-order valence-electron chi connectivity index (χ0n) is 36.0. The van der Waals surface area contributed by atoms with Crippen molar-refractivity contribution < 1.29 is 32.9 Å². The molecule has 0 rings (SSSR count). The Labute approximate surface area is 329 Å². The maximum atomic E-state index is 12.8. The Balaban J connectivity index is 4.17. The van der Waals surface area contributed by atoms with Crippen LogP contribution >= 0.6 is 7.82 Å². The number of aliphatic hydroxyl groups excluding tert-OH is 1. The van der Waals surface area contributed by atoms with E-state index in [1.807, 2.05) is 21.1 Å². The quantitative estimate of drug-likeness (QED) is 0.0324. The summed E-state index contributed by atoms with van der Waals surface area (Å²) in [5, 5.41) is 13.9. The van der Waals surface area contributed by atoms with Gasteiger partial charge in [-0.15, -0.1) is 0 Å². The SMILES string of the molecule is CCCCCCCCCCCCCCCCCCCCCCCCC(O)C(COP(=O)(O)OCC[N+](C)(C)C)NC(=O)CCCCCCCCCCC. The molecule has 0 bridgehead atoms. The second kappa shape index (κ2) is 37.1. The molecule has 0 heterocycles. The largest absolute Gasteiger partial charge is 0.472 e. The molecule has 0 aliphatic carbocycles. The van der Waals surface area contributed by atoms with E-state index in [1.54, 1.807) is 0 Å². The van der Waals surface area contributed by atoms with Gasteiger partial charge in [0, 0.05) is 6.42 Å². The van der Waals surface area contributed by atoms with Crippen LogP contribution in [0, 0.1) is 0 Å². The Morgan fingerprint density at radius 2 is 0.906 bits per heavy atom. The number of nitrogens with one attached hydrogen (secondary N) is 1. The van der Waals surface area contributed by atoms with Gasteiger partial charge in [0.2, 0.25) is 5.91 Å². The van der Waals surface area contributed by atoms with Gasteiger partial charge in [0.1, 0.15) is 13.2 Å². The Morgan fingerprint density at radius 3 is 1.26 bits per heavy atom. The van der Waals surface area contributed by atoms with E-state index in [2.05, 4.69) is 19.2 Å². The fraction of sp³-hybridized carbons (Fsp3) is 0.977. The summed E-state index contributed by atoms with van der Waals surface area (Å²) >= 11 is 0. The van der Waals surface area contributed by atoms with Crippen molar-refractivity contribution in [3.05, 3.63) is 0 Å². The number of phosphoric ester groups is 1. The smallest absolute Gasteiger partial charge is 0.391 e. The predicted molar refractivity (Wildman–Crippen MR) is 226 cm³/mol. The highest BCUT2D eigenvalue weighted by Crippen LogP contribution is 2.43. The molecular formula is C44H92N2O6P+. The maximum absolute atomic E-state index is 12.8. The molecule has 3 atom stereocenters. The van der Waals surface area contributed by atoms with Crippen LogP contribution in [0.2, 0.25) is 0 Å². The number of nitrogens with zero attached hydrogens (tertiary/aromatic N) is 1. The van der Waals surface area contributed by atoms with Gasteiger partial charge in [-0.1, -0.05) is 206 Å². The molecule has 0 aliphatic rings. The summed E-state index contributed by atoms with van der Waals surface area (Å²) < 4.78 is 23.6. The molecule has 0 aromatic rings. The fourth-order valence-electron chi connectivity index (χ4n) is 6.93. The second-order valence-corrected chi connectivity index (χ2v) is 18.6. The number of likely N-dealkylation sites (N-methyl/N-ethyl adjacent to an activating group) is 1. The van der Waals surface area contributed by atoms with E-state index < -0.39 is 20.0 Å². The van der Waals surface area contributed by atoms with Crippen LogP contribution in [0.5, 0.6) is 0 Å². The van der Waals surface area contributed by atoms with E-state index in [4.69, 9.17) is 9.05 Å². The molecule has 3 unspecified atom stereocenters. The molecule has 318 valence electrons. The average Bonchev–Trinajstić information content (AvgIpc) is 3.10. The van der Waals surface area contributed by atoms with Crippen LogP contribution in [0.3, 0.4) is 0 Å². The molecule has 53 heavy (non-hydrogen) atoms. The van der Waals surface area contributed by atoms with Crippen molar-refractivity contribution in [3.8, 4) is 0 Å². The minimum Gasteiger partial charge on any atom is -0.391 e. The van der Waals surface area contributed by atoms with Gasteiger partial charge in [0.05, 0.1) is 39.9 Å². The average molecular weight is 776 g/mol. The summed E-state index contributed by atoms with van der Waals surface area (Å²) in [5.74, 6) is -0.145. The number of amides is 1. The van der Waals surface area contributed by atoms with Crippen molar-refractivity contribution >= 4 is 13.7 Å². The van der Waals surface area contributed by atoms with Gasteiger partial charge in [0.15, 0.2) is 0 Å². The molecule has 8 nitrogen and oxygen atoms in total. The predicted octanol–water partition coefficient (Wildman–Crippen LogP) is 12.6. The van der Waals surface area contributed by atoms with Gasteiger partial charge in [-0.2, -0.15) is 0 Å². The summed E-state index contributed by atoms with van der Waals surface area (Å²) in [7, 11) is 1.63. The molecule has 1 amide bonds. The molecule has 0 aliphatic heterocycles. The minimum absolute atomic E-state index is 0.0783. The zero-order chi connectivity index (χ0) is 39.3. The lowest BCUT2D eigenvalue weighted by molar-refractivity contribution is -0.870. The highest BCUT2D eigenvalue weighted by Gasteiger charge is 2.28. The summed E-state index contributed by atoms with van der Waals surface area (Å²) in [6.07, 6.45) is 40.0. The van der Waals surface area contributed by atoms with Gasteiger partial charge in [-0.05, 0) is 12.8 Å². The van der Waals surface area contributed by atoms with E-state index in [-0.39, 0.29) is 19.1 Å². The standard InChI is InChI=1S/C44H91N2O6P/c1-6-8-10-12-14-16-17-18-19-20-21-22-23-24-25-26-27-28-30-31-33-35-37-43(47)42(41-52-53(49,50)51-40-39-46(3,4)5)45-44(48)38-36-34-32-29-15-13-11-9-7-2/h42-43,47H,6-41H2,1-5H3,(H-,45,48,49,50)/p+1. The number of aliphatic hydroxyl groups is 1. The first-order valence-electron chi connectivity index (χ1n) is 22.9. The zero-order valence-corrected chi connectivity index (χ0v) is 36.9. The molecule has 0 aromatic carbocycles. The number of phosphoric acid groups is 1. The van der Waals surface area contributed by atoms with E-state index in [9.17, 15) is 19.4 Å². The lowest BCUT2D eigenvalue weighted by Gasteiger charge is -2.26. The fourth-order valence-corrected chi connectivity index (χ4v) is 7.67. The van der Waals surface area contributed by atoms with Crippen molar-refractivity contribution in [3.63, 3.8) is 0 Å².